The lowest BCUT2D eigenvalue weighted by molar-refractivity contribution is 0.0971. The fourth-order valence-electron chi connectivity index (χ4n) is 3.25. The van der Waals surface area contributed by atoms with Gasteiger partial charge in [0.2, 0.25) is 0 Å². The van der Waals surface area contributed by atoms with E-state index in [1.807, 2.05) is 11.4 Å². The number of aromatic nitrogens is 2. The topological polar surface area (TPSA) is 70.4 Å². The molecule has 158 valence electrons. The zero-order chi connectivity index (χ0) is 22.1. The predicted octanol–water partition coefficient (Wildman–Crippen LogP) is 5.33. The normalized spacial score (nSPS) is 11.0. The van der Waals surface area contributed by atoms with Crippen LogP contribution in [0.15, 0.2) is 52.9 Å². The summed E-state index contributed by atoms with van der Waals surface area (Å²) in [7, 11) is 3.11. The molecule has 0 saturated carbocycles. The smallest absolute Gasteiger partial charge is 0.263 e. The van der Waals surface area contributed by atoms with Crippen LogP contribution in [0.2, 0.25) is 10.0 Å². The standard InChI is InChI=1S/C22H16Cl2N2O4S/c1-29-18-6-3-12(7-19(18)30-2)15-10-31-21-20(15)22(28)26(11-25-21)9-17(27)14-5-4-13(23)8-16(14)24/h3-8,10-11H,9H2,1-2H3. The highest BCUT2D eigenvalue weighted by molar-refractivity contribution is 7.17. The first-order valence-corrected chi connectivity index (χ1v) is 10.7. The van der Waals surface area contributed by atoms with Crippen molar-refractivity contribution >= 4 is 50.5 Å². The lowest BCUT2D eigenvalue weighted by Crippen LogP contribution is -2.24. The van der Waals surface area contributed by atoms with Gasteiger partial charge in [-0.05, 0) is 35.9 Å². The third kappa shape index (κ3) is 4.04. The molecule has 0 N–H and O–H groups in total. The maximum absolute atomic E-state index is 13.2. The van der Waals surface area contributed by atoms with Gasteiger partial charge in [0.05, 0.1) is 37.5 Å². The van der Waals surface area contributed by atoms with Crippen molar-refractivity contribution in [2.75, 3.05) is 14.2 Å². The molecule has 2 aromatic carbocycles. The molecule has 4 rings (SSSR count). The zero-order valence-corrected chi connectivity index (χ0v) is 18.8. The second kappa shape index (κ2) is 8.70. The molecule has 31 heavy (non-hydrogen) atoms. The highest BCUT2D eigenvalue weighted by Crippen LogP contribution is 2.36. The average molecular weight is 475 g/mol. The number of methoxy groups -OCH3 is 2. The van der Waals surface area contributed by atoms with Crippen LogP contribution in [-0.4, -0.2) is 29.6 Å². The number of carbonyl (C=O) groups is 1. The highest BCUT2D eigenvalue weighted by Gasteiger charge is 2.18. The Morgan fingerprint density at radius 2 is 1.87 bits per heavy atom. The summed E-state index contributed by atoms with van der Waals surface area (Å²) >= 11 is 13.4. The molecule has 0 unspecified atom stereocenters. The van der Waals surface area contributed by atoms with Crippen molar-refractivity contribution < 1.29 is 14.3 Å². The van der Waals surface area contributed by atoms with E-state index in [1.54, 1.807) is 38.5 Å². The van der Waals surface area contributed by atoms with Crippen LogP contribution in [0.25, 0.3) is 21.3 Å². The van der Waals surface area contributed by atoms with Gasteiger partial charge in [0, 0.05) is 21.5 Å². The molecule has 0 spiro atoms. The molecule has 0 aliphatic heterocycles. The van der Waals surface area contributed by atoms with Crippen molar-refractivity contribution in [3.63, 3.8) is 0 Å². The molecule has 9 heteroatoms. The maximum atomic E-state index is 13.2. The van der Waals surface area contributed by atoms with Crippen molar-refractivity contribution in [1.82, 2.24) is 9.55 Å². The Bertz CT molecular complexity index is 1360. The van der Waals surface area contributed by atoms with Gasteiger partial charge in [0.1, 0.15) is 4.83 Å². The molecule has 0 radical (unpaired) electrons. The van der Waals surface area contributed by atoms with Gasteiger partial charge in [-0.15, -0.1) is 11.3 Å². The van der Waals surface area contributed by atoms with Crippen LogP contribution < -0.4 is 15.0 Å². The summed E-state index contributed by atoms with van der Waals surface area (Å²) in [6.07, 6.45) is 1.38. The minimum atomic E-state index is -0.312. The Morgan fingerprint density at radius 1 is 1.10 bits per heavy atom. The van der Waals surface area contributed by atoms with E-state index in [0.717, 1.165) is 5.56 Å². The first-order valence-electron chi connectivity index (χ1n) is 9.10. The van der Waals surface area contributed by atoms with Gasteiger partial charge in [-0.1, -0.05) is 29.3 Å². The van der Waals surface area contributed by atoms with Gasteiger partial charge >= 0.3 is 0 Å². The van der Waals surface area contributed by atoms with Crippen LogP contribution in [-0.2, 0) is 6.54 Å². The second-order valence-corrected chi connectivity index (χ2v) is 8.33. The number of hydrogen-bond donors (Lipinski definition) is 0. The number of halogens is 2. The molecular formula is C22H16Cl2N2O4S. The summed E-state index contributed by atoms with van der Waals surface area (Å²) in [6.45, 7) is -0.190. The van der Waals surface area contributed by atoms with Crippen LogP contribution in [0, 0.1) is 0 Å². The lowest BCUT2D eigenvalue weighted by atomic mass is 10.1. The third-order valence-corrected chi connectivity index (χ3v) is 6.23. The maximum Gasteiger partial charge on any atom is 0.263 e. The van der Waals surface area contributed by atoms with Gasteiger partial charge in [-0.25, -0.2) is 4.98 Å². The Balaban J connectivity index is 1.76. The summed E-state index contributed by atoms with van der Waals surface area (Å²) < 4.78 is 11.9. The molecule has 0 saturated heterocycles. The Labute approximate surface area is 191 Å². The van der Waals surface area contributed by atoms with Gasteiger partial charge in [0.25, 0.3) is 5.56 Å². The monoisotopic (exact) mass is 474 g/mol. The average Bonchev–Trinajstić information content (AvgIpc) is 3.20. The molecule has 0 atom stereocenters. The Kier molecular flexibility index (Phi) is 6.00. The van der Waals surface area contributed by atoms with Crippen LogP contribution in [0.1, 0.15) is 10.4 Å². The van der Waals surface area contributed by atoms with E-state index >= 15 is 0 Å². The van der Waals surface area contributed by atoms with E-state index in [9.17, 15) is 9.59 Å². The first-order chi connectivity index (χ1) is 14.9. The van der Waals surface area contributed by atoms with Crippen LogP contribution in [0.4, 0.5) is 0 Å². The van der Waals surface area contributed by atoms with Gasteiger partial charge in [0.15, 0.2) is 17.3 Å². The number of carbonyl (C=O) groups excluding carboxylic acids is 1. The quantitative estimate of drug-likeness (QED) is 0.353. The third-order valence-electron chi connectivity index (χ3n) is 4.80. The van der Waals surface area contributed by atoms with Crippen molar-refractivity contribution in [2.45, 2.75) is 6.54 Å². The molecule has 0 amide bonds. The number of thiophene rings is 1. The molecule has 0 aliphatic carbocycles. The number of rotatable bonds is 6. The van der Waals surface area contributed by atoms with Crippen LogP contribution in [0.3, 0.4) is 0 Å². The van der Waals surface area contributed by atoms with Crippen LogP contribution in [0.5, 0.6) is 11.5 Å². The first kappa shape index (κ1) is 21.4. The molecule has 2 aromatic heterocycles. The molecule has 0 fully saturated rings. The van der Waals surface area contributed by atoms with E-state index in [2.05, 4.69) is 4.98 Å². The zero-order valence-electron chi connectivity index (χ0n) is 16.5. The molecule has 4 aromatic rings. The summed E-state index contributed by atoms with van der Waals surface area (Å²) in [5.41, 5.74) is 1.48. The summed E-state index contributed by atoms with van der Waals surface area (Å²) in [6, 6.07) is 10.0. The fourth-order valence-corrected chi connectivity index (χ4v) is 4.67. The lowest BCUT2D eigenvalue weighted by Gasteiger charge is -2.10. The summed E-state index contributed by atoms with van der Waals surface area (Å²) in [5.74, 6) is 0.829. The minimum Gasteiger partial charge on any atom is -0.493 e. The minimum absolute atomic E-state index is 0.190. The molecule has 6 nitrogen and oxygen atoms in total. The van der Waals surface area contributed by atoms with Crippen molar-refractivity contribution in [1.29, 1.82) is 0 Å². The highest BCUT2D eigenvalue weighted by atomic mass is 35.5. The van der Waals surface area contributed by atoms with E-state index in [4.69, 9.17) is 32.7 Å². The number of fused-ring (bicyclic) bond motifs is 1. The van der Waals surface area contributed by atoms with Gasteiger partial charge in [-0.3, -0.25) is 14.2 Å². The fraction of sp³-hybridized carbons (Fsp3) is 0.136. The van der Waals surface area contributed by atoms with Crippen molar-refractivity contribution in [2.24, 2.45) is 0 Å². The second-order valence-electron chi connectivity index (χ2n) is 6.62. The van der Waals surface area contributed by atoms with Gasteiger partial charge in [-0.2, -0.15) is 0 Å². The number of ketones is 1. The molecule has 0 bridgehead atoms. The summed E-state index contributed by atoms with van der Waals surface area (Å²) in [5, 5.41) is 2.97. The predicted molar refractivity (Wildman–Crippen MR) is 123 cm³/mol. The largest absolute Gasteiger partial charge is 0.493 e. The Morgan fingerprint density at radius 3 is 2.58 bits per heavy atom. The number of Topliss-reactive ketones (excluding diaryl/α,β-unsaturated/α-hetero) is 1. The number of ether oxygens (including phenoxy) is 2. The van der Waals surface area contributed by atoms with E-state index in [0.29, 0.717) is 37.9 Å². The number of nitrogens with zero attached hydrogens (tertiary/aromatic N) is 2. The van der Waals surface area contributed by atoms with Crippen molar-refractivity contribution in [3.8, 4) is 22.6 Å². The Hall–Kier alpha value is -2.87. The summed E-state index contributed by atoms with van der Waals surface area (Å²) in [4.78, 5) is 30.9. The van der Waals surface area contributed by atoms with Gasteiger partial charge < -0.3 is 9.47 Å². The van der Waals surface area contributed by atoms with Crippen LogP contribution >= 0.6 is 34.5 Å². The molecule has 2 heterocycles. The molecule has 0 aliphatic rings. The van der Waals surface area contributed by atoms with E-state index < -0.39 is 0 Å². The number of hydrogen-bond acceptors (Lipinski definition) is 6. The molecular weight excluding hydrogens is 459 g/mol. The SMILES string of the molecule is COc1ccc(-c2csc3ncn(CC(=O)c4ccc(Cl)cc4Cl)c(=O)c23)cc1OC. The van der Waals surface area contributed by atoms with E-state index in [1.165, 1.54) is 28.3 Å². The van der Waals surface area contributed by atoms with E-state index in [-0.39, 0.29) is 22.9 Å². The number of benzene rings is 2. The van der Waals surface area contributed by atoms with Crippen molar-refractivity contribution in [3.05, 3.63) is 74.1 Å².